The maximum atomic E-state index is 11.1. The Labute approximate surface area is 89.1 Å². The number of unbranched alkanes of at least 4 members (excludes halogenated alkanes) is 1. The first-order valence-corrected chi connectivity index (χ1v) is 5.01. The van der Waals surface area contributed by atoms with E-state index in [1.165, 1.54) is 5.56 Å². The Morgan fingerprint density at radius 2 is 2.00 bits per heavy atom. The molecule has 0 spiro atoms. The average molecular weight is 206 g/mol. The standard InChI is InChI=1S/C12H14O3/c1-2-3-4-10-5-7-11(8-6-10)12(14)15-9-13/h5-9H,2-4H2,1H3. The molecule has 3 heteroatoms. The van der Waals surface area contributed by atoms with Gasteiger partial charge in [0.05, 0.1) is 5.56 Å². The van der Waals surface area contributed by atoms with E-state index in [4.69, 9.17) is 0 Å². The monoisotopic (exact) mass is 206 g/mol. The Balaban J connectivity index is 2.63. The third-order valence-corrected chi connectivity index (χ3v) is 2.16. The molecule has 0 amide bonds. The fraction of sp³-hybridized carbons (Fsp3) is 0.333. The van der Waals surface area contributed by atoms with Gasteiger partial charge in [0, 0.05) is 0 Å². The van der Waals surface area contributed by atoms with E-state index in [0.29, 0.717) is 5.56 Å². The van der Waals surface area contributed by atoms with E-state index in [2.05, 4.69) is 11.7 Å². The predicted molar refractivity (Wildman–Crippen MR) is 56.5 cm³/mol. The zero-order valence-electron chi connectivity index (χ0n) is 8.73. The van der Waals surface area contributed by atoms with E-state index in [1.54, 1.807) is 12.1 Å². The molecule has 0 fully saturated rings. The van der Waals surface area contributed by atoms with Crippen molar-refractivity contribution in [1.29, 1.82) is 0 Å². The van der Waals surface area contributed by atoms with Crippen LogP contribution >= 0.6 is 0 Å². The molecular formula is C12H14O3. The van der Waals surface area contributed by atoms with Gasteiger partial charge < -0.3 is 4.74 Å². The van der Waals surface area contributed by atoms with Crippen LogP contribution in [0.5, 0.6) is 0 Å². The molecule has 15 heavy (non-hydrogen) atoms. The van der Waals surface area contributed by atoms with Crippen molar-refractivity contribution < 1.29 is 14.3 Å². The first-order chi connectivity index (χ1) is 7.27. The molecule has 0 aromatic heterocycles. The Morgan fingerprint density at radius 3 is 2.53 bits per heavy atom. The summed E-state index contributed by atoms with van der Waals surface area (Å²) in [6, 6.07) is 7.13. The second-order valence-electron chi connectivity index (χ2n) is 3.30. The summed E-state index contributed by atoms with van der Waals surface area (Å²) < 4.78 is 4.23. The molecule has 1 aromatic rings. The van der Waals surface area contributed by atoms with Gasteiger partial charge in [-0.2, -0.15) is 0 Å². The van der Waals surface area contributed by atoms with Crippen LogP contribution < -0.4 is 0 Å². The Bertz CT molecular complexity index is 327. The van der Waals surface area contributed by atoms with Crippen LogP contribution in [0.2, 0.25) is 0 Å². The van der Waals surface area contributed by atoms with Crippen LogP contribution in [0.3, 0.4) is 0 Å². The lowest BCUT2D eigenvalue weighted by atomic mass is 10.1. The van der Waals surface area contributed by atoms with Crippen molar-refractivity contribution in [2.45, 2.75) is 26.2 Å². The molecule has 0 bridgehead atoms. The minimum atomic E-state index is -0.605. The Hall–Kier alpha value is -1.64. The number of carbonyl (C=O) groups is 2. The van der Waals surface area contributed by atoms with Gasteiger partial charge in [-0.3, -0.25) is 4.79 Å². The summed E-state index contributed by atoms with van der Waals surface area (Å²) in [4.78, 5) is 21.1. The lowest BCUT2D eigenvalue weighted by Crippen LogP contribution is -2.03. The summed E-state index contributed by atoms with van der Waals surface area (Å²) in [5.41, 5.74) is 1.60. The summed E-state index contributed by atoms with van der Waals surface area (Å²) in [7, 11) is 0. The molecule has 1 rings (SSSR count). The van der Waals surface area contributed by atoms with Crippen LogP contribution in [-0.4, -0.2) is 12.4 Å². The molecule has 0 atom stereocenters. The molecule has 0 unspecified atom stereocenters. The van der Waals surface area contributed by atoms with Gasteiger partial charge in [-0.1, -0.05) is 25.5 Å². The predicted octanol–water partition coefficient (Wildman–Crippen LogP) is 2.34. The van der Waals surface area contributed by atoms with Crippen LogP contribution in [-0.2, 0) is 16.0 Å². The van der Waals surface area contributed by atoms with Crippen molar-refractivity contribution >= 4 is 12.4 Å². The largest absolute Gasteiger partial charge is 0.392 e. The van der Waals surface area contributed by atoms with Crippen molar-refractivity contribution in [2.75, 3.05) is 0 Å². The van der Waals surface area contributed by atoms with E-state index in [9.17, 15) is 9.59 Å². The Morgan fingerprint density at radius 1 is 1.33 bits per heavy atom. The summed E-state index contributed by atoms with van der Waals surface area (Å²) in [5, 5.41) is 0. The van der Waals surface area contributed by atoms with Gasteiger partial charge in [-0.05, 0) is 30.5 Å². The molecular weight excluding hydrogens is 192 g/mol. The molecule has 0 aliphatic rings. The third-order valence-electron chi connectivity index (χ3n) is 2.16. The molecule has 1 aromatic carbocycles. The summed E-state index contributed by atoms with van der Waals surface area (Å²) in [6.45, 7) is 2.28. The molecule has 0 heterocycles. The van der Waals surface area contributed by atoms with Gasteiger partial charge in [0.25, 0.3) is 0 Å². The molecule has 0 radical (unpaired) electrons. The van der Waals surface area contributed by atoms with Crippen LogP contribution in [0.25, 0.3) is 0 Å². The number of hydrogen-bond acceptors (Lipinski definition) is 3. The Kier molecular flexibility index (Phi) is 4.54. The summed E-state index contributed by atoms with van der Waals surface area (Å²) in [6.07, 6.45) is 3.30. The van der Waals surface area contributed by atoms with E-state index < -0.39 is 5.97 Å². The number of esters is 1. The number of rotatable bonds is 5. The highest BCUT2D eigenvalue weighted by Gasteiger charge is 2.05. The van der Waals surface area contributed by atoms with Crippen molar-refractivity contribution in [3.05, 3.63) is 35.4 Å². The second kappa shape index (κ2) is 5.96. The van der Waals surface area contributed by atoms with E-state index in [1.807, 2.05) is 12.1 Å². The van der Waals surface area contributed by atoms with Crippen LogP contribution in [0.1, 0.15) is 35.7 Å². The quantitative estimate of drug-likeness (QED) is 0.422. The highest BCUT2D eigenvalue weighted by Crippen LogP contribution is 2.08. The van der Waals surface area contributed by atoms with E-state index in [0.717, 1.165) is 19.3 Å². The first-order valence-electron chi connectivity index (χ1n) is 5.01. The van der Waals surface area contributed by atoms with Crippen LogP contribution in [0.4, 0.5) is 0 Å². The minimum Gasteiger partial charge on any atom is -0.392 e. The zero-order valence-corrected chi connectivity index (χ0v) is 8.73. The number of ether oxygens (including phenoxy) is 1. The fourth-order valence-corrected chi connectivity index (χ4v) is 1.30. The van der Waals surface area contributed by atoms with E-state index >= 15 is 0 Å². The van der Waals surface area contributed by atoms with E-state index in [-0.39, 0.29) is 6.47 Å². The zero-order chi connectivity index (χ0) is 11.1. The lowest BCUT2D eigenvalue weighted by Gasteiger charge is -2.01. The minimum absolute atomic E-state index is 0.146. The first kappa shape index (κ1) is 11.4. The summed E-state index contributed by atoms with van der Waals surface area (Å²) >= 11 is 0. The molecule has 0 saturated carbocycles. The number of aryl methyl sites for hydroxylation is 1. The van der Waals surface area contributed by atoms with Crippen molar-refractivity contribution in [3.8, 4) is 0 Å². The maximum Gasteiger partial charge on any atom is 0.345 e. The molecule has 0 aliphatic carbocycles. The SMILES string of the molecule is CCCCc1ccc(C(=O)OC=O)cc1. The van der Waals surface area contributed by atoms with Crippen molar-refractivity contribution in [1.82, 2.24) is 0 Å². The topological polar surface area (TPSA) is 43.4 Å². The van der Waals surface area contributed by atoms with Gasteiger partial charge in [-0.15, -0.1) is 0 Å². The van der Waals surface area contributed by atoms with Gasteiger partial charge in [-0.25, -0.2) is 4.79 Å². The van der Waals surface area contributed by atoms with Gasteiger partial charge >= 0.3 is 12.4 Å². The van der Waals surface area contributed by atoms with Gasteiger partial charge in [0.1, 0.15) is 0 Å². The van der Waals surface area contributed by atoms with Crippen molar-refractivity contribution in [2.24, 2.45) is 0 Å². The maximum absolute atomic E-state index is 11.1. The molecule has 0 N–H and O–H groups in total. The number of carbonyl (C=O) groups excluding carboxylic acids is 2. The van der Waals surface area contributed by atoms with Crippen molar-refractivity contribution in [3.63, 3.8) is 0 Å². The summed E-state index contributed by atoms with van der Waals surface area (Å²) in [5.74, 6) is -0.605. The van der Waals surface area contributed by atoms with Gasteiger partial charge in [0.15, 0.2) is 0 Å². The number of hydrogen-bond donors (Lipinski definition) is 0. The second-order valence-corrected chi connectivity index (χ2v) is 3.30. The molecule has 0 aliphatic heterocycles. The smallest absolute Gasteiger partial charge is 0.345 e. The number of benzene rings is 1. The normalized spacial score (nSPS) is 9.67. The highest BCUT2D eigenvalue weighted by atomic mass is 16.6. The molecule has 3 nitrogen and oxygen atoms in total. The molecule has 80 valence electrons. The highest BCUT2D eigenvalue weighted by molar-refractivity contribution is 5.92. The van der Waals surface area contributed by atoms with Crippen LogP contribution in [0, 0.1) is 0 Å². The fourth-order valence-electron chi connectivity index (χ4n) is 1.30. The average Bonchev–Trinajstić information content (AvgIpc) is 2.27. The lowest BCUT2D eigenvalue weighted by molar-refractivity contribution is -0.123. The molecule has 0 saturated heterocycles. The van der Waals surface area contributed by atoms with Gasteiger partial charge in [0.2, 0.25) is 0 Å². The third kappa shape index (κ3) is 3.54. The van der Waals surface area contributed by atoms with Crippen LogP contribution in [0.15, 0.2) is 24.3 Å².